The molecule has 0 heterocycles. The van der Waals surface area contributed by atoms with Crippen molar-refractivity contribution in [3.8, 4) is 5.75 Å². The van der Waals surface area contributed by atoms with Gasteiger partial charge in [-0.2, -0.15) is 0 Å². The van der Waals surface area contributed by atoms with E-state index in [1.54, 1.807) is 12.1 Å². The first-order valence-electron chi connectivity index (χ1n) is 5.63. The highest BCUT2D eigenvalue weighted by Gasteiger charge is 2.07. The van der Waals surface area contributed by atoms with Gasteiger partial charge in [0.1, 0.15) is 5.75 Å². The number of carboxylic acids is 1. The van der Waals surface area contributed by atoms with Crippen molar-refractivity contribution in [1.29, 1.82) is 0 Å². The molecule has 0 atom stereocenters. The summed E-state index contributed by atoms with van der Waals surface area (Å²) in [4.78, 5) is 21.9. The number of nitrogens with one attached hydrogen (secondary N) is 2. The Hall–Kier alpha value is -1.51. The third-order valence-electron chi connectivity index (χ3n) is 2.26. The summed E-state index contributed by atoms with van der Waals surface area (Å²) in [5, 5.41) is 13.7. The van der Waals surface area contributed by atoms with Gasteiger partial charge in [-0.25, -0.2) is 4.79 Å². The van der Waals surface area contributed by atoms with Gasteiger partial charge in [-0.1, -0.05) is 0 Å². The monoisotopic (exact) mass is 378 g/mol. The van der Waals surface area contributed by atoms with E-state index in [4.69, 9.17) is 9.84 Å². The third kappa shape index (κ3) is 5.77. The highest BCUT2D eigenvalue weighted by Crippen LogP contribution is 2.26. The maximum absolute atomic E-state index is 11.6. The topological polar surface area (TPSA) is 87.7 Å². The zero-order valence-electron chi connectivity index (χ0n) is 10.4. The van der Waals surface area contributed by atoms with Gasteiger partial charge >= 0.3 is 12.0 Å². The number of hydrogen-bond donors (Lipinski definition) is 3. The summed E-state index contributed by atoms with van der Waals surface area (Å²) < 4.78 is 6.16. The molecule has 0 aromatic heterocycles. The number of benzene rings is 1. The summed E-state index contributed by atoms with van der Waals surface area (Å²) in [6, 6.07) is 5.02. The van der Waals surface area contributed by atoms with E-state index in [9.17, 15) is 9.59 Å². The molecule has 1 aromatic rings. The SMILES string of the molecule is COc1cc(I)ccc1NC(=O)NCCCC(=O)O. The second kappa shape index (κ2) is 7.82. The van der Waals surface area contributed by atoms with E-state index < -0.39 is 5.97 Å². The van der Waals surface area contributed by atoms with Crippen molar-refractivity contribution in [1.82, 2.24) is 5.32 Å². The number of aliphatic carboxylic acids is 1. The molecule has 0 unspecified atom stereocenters. The number of amides is 2. The number of ether oxygens (including phenoxy) is 1. The zero-order valence-corrected chi connectivity index (χ0v) is 12.6. The number of carbonyl (C=O) groups is 2. The number of carboxylic acid groups (broad SMARTS) is 1. The van der Waals surface area contributed by atoms with E-state index in [0.29, 0.717) is 24.4 Å². The number of hydrogen-bond acceptors (Lipinski definition) is 3. The number of rotatable bonds is 6. The van der Waals surface area contributed by atoms with E-state index in [1.807, 2.05) is 6.07 Å². The van der Waals surface area contributed by atoms with Crippen molar-refractivity contribution >= 4 is 40.3 Å². The molecule has 0 radical (unpaired) electrons. The average Bonchev–Trinajstić information content (AvgIpc) is 2.36. The normalized spacial score (nSPS) is 9.79. The van der Waals surface area contributed by atoms with Crippen molar-refractivity contribution in [2.24, 2.45) is 0 Å². The molecular formula is C12H15IN2O4. The van der Waals surface area contributed by atoms with Crippen LogP contribution < -0.4 is 15.4 Å². The maximum atomic E-state index is 11.6. The van der Waals surface area contributed by atoms with Crippen LogP contribution in [0.5, 0.6) is 5.75 Å². The first kappa shape index (κ1) is 15.5. The number of carbonyl (C=O) groups excluding carboxylic acids is 1. The van der Waals surface area contributed by atoms with Crippen LogP contribution >= 0.6 is 22.6 Å². The Labute approximate surface area is 124 Å². The Balaban J connectivity index is 2.46. The Kier molecular flexibility index (Phi) is 6.40. The van der Waals surface area contributed by atoms with E-state index in [0.717, 1.165) is 3.57 Å². The molecule has 7 heteroatoms. The first-order valence-corrected chi connectivity index (χ1v) is 6.71. The second-order valence-corrected chi connectivity index (χ2v) is 4.97. The fourth-order valence-electron chi connectivity index (χ4n) is 1.38. The van der Waals surface area contributed by atoms with Crippen LogP contribution in [0, 0.1) is 3.57 Å². The van der Waals surface area contributed by atoms with Gasteiger partial charge in [0.05, 0.1) is 12.8 Å². The molecular weight excluding hydrogens is 363 g/mol. The van der Waals surface area contributed by atoms with Gasteiger partial charge in [0.2, 0.25) is 0 Å². The van der Waals surface area contributed by atoms with E-state index in [2.05, 4.69) is 33.2 Å². The predicted molar refractivity (Wildman–Crippen MR) is 79.6 cm³/mol. The third-order valence-corrected chi connectivity index (χ3v) is 2.94. The minimum absolute atomic E-state index is 0.0349. The fourth-order valence-corrected chi connectivity index (χ4v) is 1.84. The number of halogens is 1. The fraction of sp³-hybridized carbons (Fsp3) is 0.333. The lowest BCUT2D eigenvalue weighted by molar-refractivity contribution is -0.137. The van der Waals surface area contributed by atoms with E-state index in [1.165, 1.54) is 7.11 Å². The van der Waals surface area contributed by atoms with Gasteiger partial charge in [0.25, 0.3) is 0 Å². The summed E-state index contributed by atoms with van der Waals surface area (Å²) in [7, 11) is 1.53. The Bertz CT molecular complexity index is 465. The highest BCUT2D eigenvalue weighted by molar-refractivity contribution is 14.1. The second-order valence-electron chi connectivity index (χ2n) is 3.72. The maximum Gasteiger partial charge on any atom is 0.319 e. The van der Waals surface area contributed by atoms with Crippen LogP contribution in [-0.2, 0) is 4.79 Å². The van der Waals surface area contributed by atoms with E-state index in [-0.39, 0.29) is 12.5 Å². The quantitative estimate of drug-likeness (QED) is 0.524. The largest absolute Gasteiger partial charge is 0.495 e. The molecule has 1 rings (SSSR count). The van der Waals surface area contributed by atoms with E-state index >= 15 is 0 Å². The van der Waals surface area contributed by atoms with Gasteiger partial charge in [-0.3, -0.25) is 4.79 Å². The Morgan fingerprint density at radius 2 is 2.16 bits per heavy atom. The lowest BCUT2D eigenvalue weighted by Gasteiger charge is -2.11. The standard InChI is InChI=1S/C12H15IN2O4/c1-19-10-7-8(13)4-5-9(10)15-12(18)14-6-2-3-11(16)17/h4-5,7H,2-3,6H2,1H3,(H,16,17)(H2,14,15,18). The summed E-state index contributed by atoms with van der Waals surface area (Å²) >= 11 is 2.15. The molecule has 0 spiro atoms. The minimum atomic E-state index is -0.874. The van der Waals surface area contributed by atoms with Crippen molar-refractivity contribution in [3.63, 3.8) is 0 Å². The van der Waals surface area contributed by atoms with Crippen molar-refractivity contribution in [3.05, 3.63) is 21.8 Å². The van der Waals surface area contributed by atoms with Crippen LogP contribution in [0.3, 0.4) is 0 Å². The molecule has 19 heavy (non-hydrogen) atoms. The highest BCUT2D eigenvalue weighted by atomic mass is 127. The van der Waals surface area contributed by atoms with Crippen LogP contribution in [0.4, 0.5) is 10.5 Å². The van der Waals surface area contributed by atoms with Crippen LogP contribution in [0.2, 0.25) is 0 Å². The van der Waals surface area contributed by atoms with Gasteiger partial charge < -0.3 is 20.5 Å². The zero-order chi connectivity index (χ0) is 14.3. The van der Waals surface area contributed by atoms with Crippen molar-refractivity contribution in [2.45, 2.75) is 12.8 Å². The average molecular weight is 378 g/mol. The lowest BCUT2D eigenvalue weighted by atomic mass is 10.3. The lowest BCUT2D eigenvalue weighted by Crippen LogP contribution is -2.29. The van der Waals surface area contributed by atoms with Crippen molar-refractivity contribution in [2.75, 3.05) is 19.0 Å². The molecule has 1 aromatic carbocycles. The number of anilines is 1. The number of urea groups is 1. The van der Waals surface area contributed by atoms with Gasteiger partial charge in [-0.15, -0.1) is 0 Å². The molecule has 0 aliphatic heterocycles. The summed E-state index contributed by atoms with van der Waals surface area (Å²) in [5.41, 5.74) is 0.568. The van der Waals surface area contributed by atoms with Crippen molar-refractivity contribution < 1.29 is 19.4 Å². The molecule has 0 aliphatic carbocycles. The van der Waals surface area contributed by atoms with Gasteiger partial charge in [0, 0.05) is 16.5 Å². The van der Waals surface area contributed by atoms with Crippen LogP contribution in [0.15, 0.2) is 18.2 Å². The smallest absolute Gasteiger partial charge is 0.319 e. The first-order chi connectivity index (χ1) is 9.02. The van der Waals surface area contributed by atoms with Gasteiger partial charge in [-0.05, 0) is 47.2 Å². The Morgan fingerprint density at radius 1 is 1.42 bits per heavy atom. The molecule has 0 aliphatic rings. The molecule has 104 valence electrons. The molecule has 3 N–H and O–H groups in total. The summed E-state index contributed by atoms with van der Waals surface area (Å²) in [6.07, 6.45) is 0.430. The summed E-state index contributed by atoms with van der Waals surface area (Å²) in [5.74, 6) is -0.297. The number of methoxy groups -OCH3 is 1. The van der Waals surface area contributed by atoms with Crippen LogP contribution in [0.25, 0.3) is 0 Å². The summed E-state index contributed by atoms with van der Waals surface area (Å²) in [6.45, 7) is 0.310. The molecule has 6 nitrogen and oxygen atoms in total. The Morgan fingerprint density at radius 3 is 2.79 bits per heavy atom. The molecule has 2 amide bonds. The molecule has 0 saturated carbocycles. The van der Waals surface area contributed by atoms with Gasteiger partial charge in [0.15, 0.2) is 0 Å². The molecule has 0 fully saturated rings. The minimum Gasteiger partial charge on any atom is -0.495 e. The van der Waals surface area contributed by atoms with Crippen LogP contribution in [0.1, 0.15) is 12.8 Å². The van der Waals surface area contributed by atoms with Crippen LogP contribution in [-0.4, -0.2) is 30.8 Å². The predicted octanol–water partition coefficient (Wildman–Crippen LogP) is 2.29. The molecule has 0 saturated heterocycles. The molecule has 0 bridgehead atoms.